The predicted molar refractivity (Wildman–Crippen MR) is 114 cm³/mol. The van der Waals surface area contributed by atoms with Crippen LogP contribution in [0.3, 0.4) is 0 Å². The molecule has 0 heterocycles. The molecule has 4 rings (SSSR count). The Hall–Kier alpha value is -2.12. The van der Waals surface area contributed by atoms with Crippen LogP contribution in [0, 0.1) is 11.8 Å². The van der Waals surface area contributed by atoms with E-state index in [1.807, 2.05) is 0 Å². The van der Waals surface area contributed by atoms with E-state index in [9.17, 15) is 0 Å². The van der Waals surface area contributed by atoms with E-state index in [-0.39, 0.29) is 0 Å². The van der Waals surface area contributed by atoms with Gasteiger partial charge in [0.05, 0.1) is 13.2 Å². The van der Waals surface area contributed by atoms with Gasteiger partial charge in [0.2, 0.25) is 0 Å². The molecule has 2 aromatic rings. The quantitative estimate of drug-likeness (QED) is 0.473. The third-order valence-electron chi connectivity index (χ3n) is 6.15. The fraction of sp³-hybridized carbons (Fsp3) is 0.385. The Kier molecular flexibility index (Phi) is 6.21. The molecule has 0 saturated heterocycles. The maximum Gasteiger partial charge on any atom is 0.0657 e. The lowest BCUT2D eigenvalue weighted by atomic mass is 9.77. The summed E-state index contributed by atoms with van der Waals surface area (Å²) in [7, 11) is 0. The molecule has 0 amide bonds. The van der Waals surface area contributed by atoms with Gasteiger partial charge in [-0.1, -0.05) is 85.7 Å². The minimum Gasteiger partial charge on any atom is -0.373 e. The number of allylic oxidation sites excluding steroid dienone is 2. The summed E-state index contributed by atoms with van der Waals surface area (Å²) in [4.78, 5) is 0. The predicted octanol–water partition coefficient (Wildman–Crippen LogP) is 6.77. The van der Waals surface area contributed by atoms with Crippen LogP contribution in [0.2, 0.25) is 0 Å². The van der Waals surface area contributed by atoms with Gasteiger partial charge in [0.25, 0.3) is 0 Å². The first-order chi connectivity index (χ1) is 13.4. The van der Waals surface area contributed by atoms with Gasteiger partial charge in [-0.2, -0.15) is 0 Å². The van der Waals surface area contributed by atoms with E-state index >= 15 is 0 Å². The van der Waals surface area contributed by atoms with Crippen molar-refractivity contribution < 1.29 is 4.74 Å². The van der Waals surface area contributed by atoms with Crippen LogP contribution in [0.4, 0.5) is 0 Å². The van der Waals surface area contributed by atoms with Crippen LogP contribution in [0.15, 0.2) is 72.8 Å². The van der Waals surface area contributed by atoms with Crippen LogP contribution in [0.5, 0.6) is 0 Å². The fourth-order valence-electron chi connectivity index (χ4n) is 4.11. The molecule has 2 aliphatic rings. The molecule has 0 bridgehead atoms. The van der Waals surface area contributed by atoms with Crippen LogP contribution in [0.1, 0.15) is 49.7 Å². The minimum atomic E-state index is 0.698. The SMILES string of the molecule is C(COCC=C(c1ccccc1)C1CCC1)=C(c1ccccc1)C1CCC1. The molecule has 0 N–H and O–H groups in total. The molecule has 140 valence electrons. The van der Waals surface area contributed by atoms with Crippen LogP contribution >= 0.6 is 0 Å². The maximum atomic E-state index is 6.02. The number of rotatable bonds is 8. The van der Waals surface area contributed by atoms with E-state index in [0.717, 1.165) is 11.8 Å². The lowest BCUT2D eigenvalue weighted by Crippen LogP contribution is -2.14. The van der Waals surface area contributed by atoms with Gasteiger partial charge in [-0.3, -0.25) is 0 Å². The monoisotopic (exact) mass is 358 g/mol. The normalized spacial score (nSPS) is 18.8. The van der Waals surface area contributed by atoms with Crippen molar-refractivity contribution in [1.82, 2.24) is 0 Å². The third kappa shape index (κ3) is 4.59. The maximum absolute atomic E-state index is 6.02. The first kappa shape index (κ1) is 18.3. The summed E-state index contributed by atoms with van der Waals surface area (Å²) in [6.45, 7) is 1.40. The average Bonchev–Trinajstić information content (AvgIpc) is 2.64. The van der Waals surface area contributed by atoms with Gasteiger partial charge in [-0.25, -0.2) is 0 Å². The summed E-state index contributed by atoms with van der Waals surface area (Å²) in [6.07, 6.45) is 12.6. The Labute approximate surface area is 163 Å². The molecule has 2 saturated carbocycles. The molecule has 1 heteroatoms. The topological polar surface area (TPSA) is 9.23 Å². The Morgan fingerprint density at radius 1 is 0.667 bits per heavy atom. The molecule has 2 aromatic carbocycles. The molecule has 2 fully saturated rings. The highest BCUT2D eigenvalue weighted by Crippen LogP contribution is 2.39. The molecule has 1 nitrogen and oxygen atoms in total. The molecule has 0 unspecified atom stereocenters. The van der Waals surface area contributed by atoms with Gasteiger partial charge < -0.3 is 4.74 Å². The van der Waals surface area contributed by atoms with E-state index < -0.39 is 0 Å². The smallest absolute Gasteiger partial charge is 0.0657 e. The number of ether oxygens (including phenoxy) is 1. The van der Waals surface area contributed by atoms with Crippen LogP contribution in [-0.4, -0.2) is 13.2 Å². The van der Waals surface area contributed by atoms with Gasteiger partial charge in [0, 0.05) is 0 Å². The van der Waals surface area contributed by atoms with Crippen molar-refractivity contribution in [3.63, 3.8) is 0 Å². The van der Waals surface area contributed by atoms with Crippen molar-refractivity contribution in [2.75, 3.05) is 13.2 Å². The zero-order valence-electron chi connectivity index (χ0n) is 16.1. The zero-order chi connectivity index (χ0) is 18.3. The minimum absolute atomic E-state index is 0.698. The third-order valence-corrected chi connectivity index (χ3v) is 6.15. The molecule has 0 aliphatic heterocycles. The zero-order valence-corrected chi connectivity index (χ0v) is 16.1. The average molecular weight is 359 g/mol. The van der Waals surface area contributed by atoms with Crippen molar-refractivity contribution >= 4 is 11.1 Å². The number of hydrogen-bond acceptors (Lipinski definition) is 1. The summed E-state index contributed by atoms with van der Waals surface area (Å²) in [5, 5.41) is 0. The van der Waals surface area contributed by atoms with Crippen LogP contribution in [0.25, 0.3) is 11.1 Å². The highest BCUT2D eigenvalue weighted by molar-refractivity contribution is 5.69. The van der Waals surface area contributed by atoms with Gasteiger partial charge >= 0.3 is 0 Å². The van der Waals surface area contributed by atoms with Crippen molar-refractivity contribution in [3.05, 3.63) is 83.9 Å². The Morgan fingerprint density at radius 3 is 1.41 bits per heavy atom. The summed E-state index contributed by atoms with van der Waals surface area (Å²) < 4.78 is 6.02. The largest absolute Gasteiger partial charge is 0.373 e. The second kappa shape index (κ2) is 9.19. The van der Waals surface area contributed by atoms with E-state index in [0.29, 0.717) is 13.2 Å². The molecular formula is C26H30O. The number of benzene rings is 2. The van der Waals surface area contributed by atoms with Gasteiger partial charge in [0.15, 0.2) is 0 Å². The van der Waals surface area contributed by atoms with E-state index in [1.54, 1.807) is 0 Å². The van der Waals surface area contributed by atoms with Crippen molar-refractivity contribution in [2.24, 2.45) is 11.8 Å². The molecular weight excluding hydrogens is 328 g/mol. The summed E-state index contributed by atoms with van der Waals surface area (Å²) in [5.41, 5.74) is 5.68. The van der Waals surface area contributed by atoms with Crippen LogP contribution < -0.4 is 0 Å². The molecule has 0 atom stereocenters. The Morgan fingerprint density at radius 2 is 1.07 bits per heavy atom. The fourth-order valence-corrected chi connectivity index (χ4v) is 4.11. The molecule has 0 spiro atoms. The second-order valence-corrected chi connectivity index (χ2v) is 7.84. The first-order valence-corrected chi connectivity index (χ1v) is 10.5. The molecule has 0 radical (unpaired) electrons. The molecule has 2 aliphatic carbocycles. The lowest BCUT2D eigenvalue weighted by molar-refractivity contribution is 0.193. The first-order valence-electron chi connectivity index (χ1n) is 10.5. The number of hydrogen-bond donors (Lipinski definition) is 0. The van der Waals surface area contributed by atoms with E-state index in [1.165, 1.54) is 60.8 Å². The molecule has 27 heavy (non-hydrogen) atoms. The van der Waals surface area contributed by atoms with Gasteiger partial charge in [-0.05, 0) is 59.8 Å². The van der Waals surface area contributed by atoms with Crippen molar-refractivity contribution in [1.29, 1.82) is 0 Å². The van der Waals surface area contributed by atoms with Gasteiger partial charge in [-0.15, -0.1) is 0 Å². The lowest BCUT2D eigenvalue weighted by Gasteiger charge is -2.29. The molecule has 0 aromatic heterocycles. The standard InChI is InChI=1S/C26H30O/c1-3-9-21(10-4-1)25(23-13-7-14-23)17-19-27-20-18-26(24-15-8-16-24)22-11-5-2-6-12-22/h1-6,9-12,17-18,23-24H,7-8,13-16,19-20H2. The van der Waals surface area contributed by atoms with Gasteiger partial charge in [0.1, 0.15) is 0 Å². The second-order valence-electron chi connectivity index (χ2n) is 7.84. The summed E-state index contributed by atoms with van der Waals surface area (Å²) >= 11 is 0. The van der Waals surface area contributed by atoms with Crippen LogP contribution in [-0.2, 0) is 4.74 Å². The van der Waals surface area contributed by atoms with Crippen molar-refractivity contribution in [3.8, 4) is 0 Å². The highest BCUT2D eigenvalue weighted by Gasteiger charge is 2.23. The Balaban J connectivity index is 1.38. The highest BCUT2D eigenvalue weighted by atomic mass is 16.5. The Bertz CT molecular complexity index is 697. The van der Waals surface area contributed by atoms with E-state index in [4.69, 9.17) is 4.74 Å². The van der Waals surface area contributed by atoms with Crippen molar-refractivity contribution in [2.45, 2.75) is 38.5 Å². The summed E-state index contributed by atoms with van der Waals surface area (Å²) in [5.74, 6) is 1.45. The van der Waals surface area contributed by atoms with E-state index in [2.05, 4.69) is 72.8 Å². The summed E-state index contributed by atoms with van der Waals surface area (Å²) in [6, 6.07) is 21.6.